The summed E-state index contributed by atoms with van der Waals surface area (Å²) in [4.78, 5) is 51.0. The van der Waals surface area contributed by atoms with Gasteiger partial charge in [-0.15, -0.1) is 0 Å². The van der Waals surface area contributed by atoms with Crippen LogP contribution in [-0.2, 0) is 33.9 Å². The fourth-order valence-electron chi connectivity index (χ4n) is 5.04. The zero-order valence-electron chi connectivity index (χ0n) is 20.9. The molecule has 1 aromatic rings. The molecule has 202 valence electrons. The molecule has 1 spiro atoms. The van der Waals surface area contributed by atoms with Crippen molar-refractivity contribution in [2.75, 3.05) is 44.8 Å². The van der Waals surface area contributed by atoms with Crippen LogP contribution in [0.3, 0.4) is 0 Å². The molecule has 4 rings (SSSR count). The molecule has 2 aliphatic heterocycles. The van der Waals surface area contributed by atoms with Gasteiger partial charge in [-0.1, -0.05) is 25.8 Å². The molecule has 4 amide bonds. The number of nitrogens with one attached hydrogen (secondary N) is 2. The third kappa shape index (κ3) is 5.48. The molecular formula is C24H32N4O8S. The van der Waals surface area contributed by atoms with Crippen molar-refractivity contribution in [2.24, 2.45) is 5.92 Å². The average molecular weight is 537 g/mol. The number of hydrogen-bond donors (Lipinski definition) is 2. The molecule has 1 aromatic carbocycles. The number of anilines is 1. The Labute approximate surface area is 215 Å². The Kier molecular flexibility index (Phi) is 7.85. The van der Waals surface area contributed by atoms with Crippen LogP contribution in [0.15, 0.2) is 23.1 Å². The van der Waals surface area contributed by atoms with E-state index in [1.54, 1.807) is 19.1 Å². The predicted octanol–water partition coefficient (Wildman–Crippen LogP) is 0.998. The summed E-state index contributed by atoms with van der Waals surface area (Å²) in [6, 6.07) is 3.84. The molecule has 13 heteroatoms. The van der Waals surface area contributed by atoms with Crippen LogP contribution in [0.5, 0.6) is 0 Å². The highest BCUT2D eigenvalue weighted by Gasteiger charge is 2.55. The van der Waals surface area contributed by atoms with Gasteiger partial charge < -0.3 is 20.1 Å². The number of amides is 4. The van der Waals surface area contributed by atoms with E-state index in [0.29, 0.717) is 25.2 Å². The molecule has 2 atom stereocenters. The summed E-state index contributed by atoms with van der Waals surface area (Å²) in [6.45, 7) is 3.41. The molecule has 2 unspecified atom stereocenters. The summed E-state index contributed by atoms with van der Waals surface area (Å²) in [5.74, 6) is -2.09. The highest BCUT2D eigenvalue weighted by Crippen LogP contribution is 2.38. The van der Waals surface area contributed by atoms with Gasteiger partial charge in [0.25, 0.3) is 11.8 Å². The van der Waals surface area contributed by atoms with Crippen molar-refractivity contribution in [2.45, 2.75) is 50.0 Å². The van der Waals surface area contributed by atoms with E-state index in [0.717, 1.165) is 24.2 Å². The zero-order valence-corrected chi connectivity index (χ0v) is 21.8. The molecule has 12 nitrogen and oxygen atoms in total. The Bertz CT molecular complexity index is 1200. The number of aryl methyl sites for hydroxylation is 1. The smallest absolute Gasteiger partial charge is 0.326 e. The van der Waals surface area contributed by atoms with Gasteiger partial charge in [-0.2, -0.15) is 4.31 Å². The molecule has 2 saturated heterocycles. The highest BCUT2D eigenvalue weighted by molar-refractivity contribution is 7.89. The van der Waals surface area contributed by atoms with E-state index in [4.69, 9.17) is 9.47 Å². The quantitative estimate of drug-likeness (QED) is 0.387. The molecule has 3 fully saturated rings. The van der Waals surface area contributed by atoms with Crippen LogP contribution in [0.4, 0.5) is 10.5 Å². The molecule has 37 heavy (non-hydrogen) atoms. The van der Waals surface area contributed by atoms with Crippen LogP contribution in [0.25, 0.3) is 0 Å². The largest absolute Gasteiger partial charge is 0.454 e. The average Bonchev–Trinajstić information content (AvgIpc) is 3.11. The second kappa shape index (κ2) is 10.8. The topological polar surface area (TPSA) is 151 Å². The van der Waals surface area contributed by atoms with Gasteiger partial charge in [0.2, 0.25) is 10.0 Å². The summed E-state index contributed by atoms with van der Waals surface area (Å²) in [5.41, 5.74) is -0.243. The lowest BCUT2D eigenvalue weighted by atomic mass is 9.73. The number of carbonyl (C=O) groups excluding carboxylic acids is 4. The maximum absolute atomic E-state index is 13.0. The Morgan fingerprint density at radius 2 is 1.95 bits per heavy atom. The normalized spacial score (nSPS) is 24.7. The number of esters is 1. The first kappa shape index (κ1) is 27.0. The van der Waals surface area contributed by atoms with Gasteiger partial charge in [-0.3, -0.25) is 19.3 Å². The summed E-state index contributed by atoms with van der Waals surface area (Å²) in [6.07, 6.45) is 3.11. The number of morpholine rings is 1. The summed E-state index contributed by atoms with van der Waals surface area (Å²) >= 11 is 0. The summed E-state index contributed by atoms with van der Waals surface area (Å²) in [5, 5.41) is 5.28. The number of imide groups is 1. The second-order valence-corrected chi connectivity index (χ2v) is 11.6. The fourth-order valence-corrected chi connectivity index (χ4v) is 6.70. The van der Waals surface area contributed by atoms with Gasteiger partial charge in [-0.05, 0) is 43.4 Å². The molecule has 3 aliphatic rings. The van der Waals surface area contributed by atoms with Crippen LogP contribution in [0, 0.1) is 12.8 Å². The first-order valence-electron chi connectivity index (χ1n) is 12.3. The Morgan fingerprint density at radius 3 is 2.65 bits per heavy atom. The van der Waals surface area contributed by atoms with Crippen LogP contribution in [-0.4, -0.2) is 86.4 Å². The zero-order chi connectivity index (χ0) is 26.8. The van der Waals surface area contributed by atoms with E-state index in [-0.39, 0.29) is 29.6 Å². The van der Waals surface area contributed by atoms with Crippen molar-refractivity contribution in [1.29, 1.82) is 0 Å². The SMILES string of the molecule is Cc1ccc(NC(=O)COC(=O)CN2C(=O)NC3(CCCCC3C)C2=O)cc1S(=O)(=O)N1CCOCC1. The van der Waals surface area contributed by atoms with Crippen molar-refractivity contribution < 1.29 is 37.1 Å². The van der Waals surface area contributed by atoms with Gasteiger partial charge in [0.15, 0.2) is 6.61 Å². The minimum Gasteiger partial charge on any atom is -0.454 e. The molecule has 1 saturated carbocycles. The fraction of sp³-hybridized carbons (Fsp3) is 0.583. The lowest BCUT2D eigenvalue weighted by Gasteiger charge is -2.36. The van der Waals surface area contributed by atoms with Crippen molar-refractivity contribution >= 4 is 39.5 Å². The number of rotatable bonds is 7. The molecule has 2 heterocycles. The minimum absolute atomic E-state index is 0.0454. The molecule has 0 aromatic heterocycles. The lowest BCUT2D eigenvalue weighted by Crippen LogP contribution is -2.54. The van der Waals surface area contributed by atoms with E-state index < -0.39 is 52.5 Å². The Hall–Kier alpha value is -3.03. The number of sulfonamides is 1. The summed E-state index contributed by atoms with van der Waals surface area (Å²) in [7, 11) is -3.78. The number of ether oxygens (including phenoxy) is 2. The second-order valence-electron chi connectivity index (χ2n) is 9.65. The van der Waals surface area contributed by atoms with Crippen molar-refractivity contribution in [1.82, 2.24) is 14.5 Å². The van der Waals surface area contributed by atoms with Gasteiger partial charge >= 0.3 is 12.0 Å². The number of benzene rings is 1. The van der Waals surface area contributed by atoms with Crippen molar-refractivity contribution in [3.8, 4) is 0 Å². The lowest BCUT2D eigenvalue weighted by molar-refractivity contribution is -0.150. The van der Waals surface area contributed by atoms with Gasteiger partial charge in [0.05, 0.1) is 18.1 Å². The van der Waals surface area contributed by atoms with Crippen LogP contribution >= 0.6 is 0 Å². The Balaban J connectivity index is 1.33. The maximum atomic E-state index is 13.0. The Morgan fingerprint density at radius 1 is 1.22 bits per heavy atom. The van der Waals surface area contributed by atoms with Crippen LogP contribution < -0.4 is 10.6 Å². The minimum atomic E-state index is -3.78. The number of urea groups is 1. The maximum Gasteiger partial charge on any atom is 0.326 e. The highest BCUT2D eigenvalue weighted by atomic mass is 32.2. The molecule has 2 N–H and O–H groups in total. The van der Waals surface area contributed by atoms with E-state index >= 15 is 0 Å². The molecular weight excluding hydrogens is 504 g/mol. The van der Waals surface area contributed by atoms with Crippen molar-refractivity contribution in [3.05, 3.63) is 23.8 Å². The molecule has 0 radical (unpaired) electrons. The van der Waals surface area contributed by atoms with E-state index in [1.165, 1.54) is 10.4 Å². The van der Waals surface area contributed by atoms with Crippen LogP contribution in [0.1, 0.15) is 38.2 Å². The molecule has 1 aliphatic carbocycles. The third-order valence-corrected chi connectivity index (χ3v) is 9.25. The van der Waals surface area contributed by atoms with E-state index in [1.807, 2.05) is 6.92 Å². The van der Waals surface area contributed by atoms with E-state index in [2.05, 4.69) is 10.6 Å². The number of nitrogens with zero attached hydrogens (tertiary/aromatic N) is 2. The van der Waals surface area contributed by atoms with Gasteiger partial charge in [-0.25, -0.2) is 13.2 Å². The number of hydrogen-bond acceptors (Lipinski definition) is 8. The van der Waals surface area contributed by atoms with Gasteiger partial charge in [0.1, 0.15) is 12.1 Å². The monoisotopic (exact) mass is 536 g/mol. The van der Waals surface area contributed by atoms with Gasteiger partial charge in [0, 0.05) is 18.8 Å². The van der Waals surface area contributed by atoms with Crippen LogP contribution in [0.2, 0.25) is 0 Å². The third-order valence-electron chi connectivity index (χ3n) is 7.21. The van der Waals surface area contributed by atoms with E-state index in [9.17, 15) is 27.6 Å². The standard InChI is InChI=1S/C24H32N4O8S/c1-16-6-7-18(13-19(16)37(33,34)27-9-11-35-12-10-27)25-20(29)15-36-21(30)14-28-22(31)24(26-23(28)32)8-4-3-5-17(24)2/h6-7,13,17H,3-5,8-12,14-15H2,1-2H3,(H,25,29)(H,26,32). The number of carbonyl (C=O) groups is 4. The first-order valence-corrected chi connectivity index (χ1v) is 13.8. The van der Waals surface area contributed by atoms with Crippen molar-refractivity contribution in [3.63, 3.8) is 0 Å². The summed E-state index contributed by atoms with van der Waals surface area (Å²) < 4.78 is 37.6. The predicted molar refractivity (Wildman–Crippen MR) is 131 cm³/mol. The molecule has 0 bridgehead atoms. The first-order chi connectivity index (χ1) is 17.5.